The van der Waals surface area contributed by atoms with Crippen molar-refractivity contribution in [3.05, 3.63) is 0 Å². The Morgan fingerprint density at radius 1 is 1.31 bits per heavy atom. The Morgan fingerprint density at radius 3 is 2.85 bits per heavy atom. The van der Waals surface area contributed by atoms with Crippen molar-refractivity contribution >= 4 is 0 Å². The summed E-state index contributed by atoms with van der Waals surface area (Å²) < 4.78 is 5.76. The second kappa shape index (κ2) is 4.94. The van der Waals surface area contributed by atoms with Gasteiger partial charge in [-0.05, 0) is 38.9 Å². The Morgan fingerprint density at radius 2 is 2.15 bits per heavy atom. The highest BCUT2D eigenvalue weighted by atomic mass is 16.5. The molecule has 2 rings (SSSR count). The molecule has 2 aliphatic rings. The lowest BCUT2D eigenvalue weighted by molar-refractivity contribution is 0.0532. The average molecular weight is 184 g/mol. The molecule has 1 atom stereocenters. The number of hydrogen-bond acceptors (Lipinski definition) is 3. The minimum Gasteiger partial charge on any atom is -0.376 e. The van der Waals surface area contributed by atoms with Crippen molar-refractivity contribution in [2.45, 2.75) is 25.4 Å². The second-order valence-corrected chi connectivity index (χ2v) is 4.03. The van der Waals surface area contributed by atoms with Crippen molar-refractivity contribution in [3.8, 4) is 0 Å². The average Bonchev–Trinajstić information content (AvgIpc) is 2.75. The lowest BCUT2D eigenvalue weighted by Crippen LogP contribution is -2.27. The fourth-order valence-electron chi connectivity index (χ4n) is 2.13. The van der Waals surface area contributed by atoms with Gasteiger partial charge in [-0.1, -0.05) is 0 Å². The summed E-state index contributed by atoms with van der Waals surface area (Å²) in [4.78, 5) is 2.50. The van der Waals surface area contributed by atoms with Crippen LogP contribution >= 0.6 is 0 Å². The van der Waals surface area contributed by atoms with Gasteiger partial charge in [-0.25, -0.2) is 0 Å². The monoisotopic (exact) mass is 184 g/mol. The molecule has 1 N–H and O–H groups in total. The molecule has 0 saturated carbocycles. The van der Waals surface area contributed by atoms with Crippen molar-refractivity contribution < 1.29 is 4.74 Å². The lowest BCUT2D eigenvalue weighted by atomic mass is 10.3. The summed E-state index contributed by atoms with van der Waals surface area (Å²) in [7, 11) is 0. The quantitative estimate of drug-likeness (QED) is 0.687. The third-order valence-electron chi connectivity index (χ3n) is 2.97. The van der Waals surface area contributed by atoms with Gasteiger partial charge >= 0.3 is 0 Å². The molecule has 0 amide bonds. The van der Waals surface area contributed by atoms with Crippen LogP contribution in [0, 0.1) is 0 Å². The van der Waals surface area contributed by atoms with E-state index in [9.17, 15) is 0 Å². The SMILES string of the molecule is C1CCN(CCO[C@H]2CCNC2)C1. The fraction of sp³-hybridized carbons (Fsp3) is 1.00. The maximum absolute atomic E-state index is 5.76. The van der Waals surface area contributed by atoms with Gasteiger partial charge in [-0.3, -0.25) is 0 Å². The van der Waals surface area contributed by atoms with Gasteiger partial charge in [0, 0.05) is 13.1 Å². The van der Waals surface area contributed by atoms with E-state index < -0.39 is 0 Å². The normalized spacial score (nSPS) is 30.0. The molecule has 0 aliphatic carbocycles. The minimum absolute atomic E-state index is 0.489. The molecule has 0 aromatic heterocycles. The van der Waals surface area contributed by atoms with E-state index in [0.717, 1.165) is 26.2 Å². The zero-order valence-electron chi connectivity index (χ0n) is 8.30. The zero-order valence-corrected chi connectivity index (χ0v) is 8.30. The van der Waals surface area contributed by atoms with Crippen LogP contribution in [0.4, 0.5) is 0 Å². The molecule has 2 aliphatic heterocycles. The van der Waals surface area contributed by atoms with E-state index in [4.69, 9.17) is 4.74 Å². The summed E-state index contributed by atoms with van der Waals surface area (Å²) in [6.07, 6.45) is 4.44. The molecule has 2 fully saturated rings. The molecule has 0 aromatic rings. The van der Waals surface area contributed by atoms with Gasteiger partial charge in [0.1, 0.15) is 0 Å². The van der Waals surface area contributed by atoms with Crippen molar-refractivity contribution in [1.82, 2.24) is 10.2 Å². The predicted molar refractivity (Wildman–Crippen MR) is 52.9 cm³/mol. The van der Waals surface area contributed by atoms with Gasteiger partial charge in [-0.2, -0.15) is 0 Å². The summed E-state index contributed by atoms with van der Waals surface area (Å²) in [5.41, 5.74) is 0. The van der Waals surface area contributed by atoms with Gasteiger partial charge in [0.25, 0.3) is 0 Å². The molecule has 2 heterocycles. The van der Waals surface area contributed by atoms with Crippen molar-refractivity contribution in [2.75, 3.05) is 39.3 Å². The van der Waals surface area contributed by atoms with Crippen LogP contribution in [0.25, 0.3) is 0 Å². The number of nitrogens with one attached hydrogen (secondary N) is 1. The maximum Gasteiger partial charge on any atom is 0.0712 e. The van der Waals surface area contributed by atoms with Gasteiger partial charge in [0.05, 0.1) is 12.7 Å². The largest absolute Gasteiger partial charge is 0.376 e. The first-order chi connectivity index (χ1) is 6.45. The second-order valence-electron chi connectivity index (χ2n) is 4.03. The van der Waals surface area contributed by atoms with Crippen LogP contribution in [0.3, 0.4) is 0 Å². The third kappa shape index (κ3) is 2.93. The highest BCUT2D eigenvalue weighted by Gasteiger charge is 2.15. The fourth-order valence-corrected chi connectivity index (χ4v) is 2.13. The van der Waals surface area contributed by atoms with E-state index >= 15 is 0 Å². The van der Waals surface area contributed by atoms with Gasteiger partial charge in [0.15, 0.2) is 0 Å². The number of rotatable bonds is 4. The third-order valence-corrected chi connectivity index (χ3v) is 2.97. The van der Waals surface area contributed by atoms with E-state index in [1.807, 2.05) is 0 Å². The molecule has 0 spiro atoms. The Balaban J connectivity index is 1.52. The molecule has 3 nitrogen and oxygen atoms in total. The highest BCUT2D eigenvalue weighted by molar-refractivity contribution is 4.71. The smallest absolute Gasteiger partial charge is 0.0712 e. The molecular formula is C10H20N2O. The van der Waals surface area contributed by atoms with E-state index in [-0.39, 0.29) is 0 Å². The Hall–Kier alpha value is -0.120. The van der Waals surface area contributed by atoms with E-state index in [1.54, 1.807) is 0 Å². The summed E-state index contributed by atoms with van der Waals surface area (Å²) in [6, 6.07) is 0. The van der Waals surface area contributed by atoms with Crippen LogP contribution in [0.1, 0.15) is 19.3 Å². The molecule has 2 saturated heterocycles. The zero-order chi connectivity index (χ0) is 8.93. The van der Waals surface area contributed by atoms with Crippen molar-refractivity contribution in [3.63, 3.8) is 0 Å². The van der Waals surface area contributed by atoms with Crippen molar-refractivity contribution in [1.29, 1.82) is 0 Å². The molecule has 76 valence electrons. The van der Waals surface area contributed by atoms with Crippen LogP contribution in [0.5, 0.6) is 0 Å². The summed E-state index contributed by atoms with van der Waals surface area (Å²) in [5, 5.41) is 3.31. The number of hydrogen-bond donors (Lipinski definition) is 1. The van der Waals surface area contributed by atoms with Crippen LogP contribution in [0.2, 0.25) is 0 Å². The molecule has 0 unspecified atom stereocenters. The maximum atomic E-state index is 5.76. The Bertz CT molecular complexity index is 124. The number of ether oxygens (including phenoxy) is 1. The van der Waals surface area contributed by atoms with Gasteiger partial charge in [0.2, 0.25) is 0 Å². The van der Waals surface area contributed by atoms with E-state index in [1.165, 1.54) is 32.4 Å². The molecule has 3 heteroatoms. The van der Waals surface area contributed by atoms with Gasteiger partial charge in [-0.15, -0.1) is 0 Å². The first-order valence-electron chi connectivity index (χ1n) is 5.50. The van der Waals surface area contributed by atoms with E-state index in [2.05, 4.69) is 10.2 Å². The van der Waals surface area contributed by atoms with E-state index in [0.29, 0.717) is 6.10 Å². The summed E-state index contributed by atoms with van der Waals surface area (Å²) in [5.74, 6) is 0. The molecular weight excluding hydrogens is 164 g/mol. The lowest BCUT2D eigenvalue weighted by Gasteiger charge is -2.16. The summed E-state index contributed by atoms with van der Waals surface area (Å²) in [6.45, 7) is 6.82. The van der Waals surface area contributed by atoms with Crippen LogP contribution < -0.4 is 5.32 Å². The first-order valence-corrected chi connectivity index (χ1v) is 5.50. The van der Waals surface area contributed by atoms with Crippen molar-refractivity contribution in [2.24, 2.45) is 0 Å². The summed E-state index contributed by atoms with van der Waals surface area (Å²) >= 11 is 0. The Labute approximate surface area is 80.4 Å². The van der Waals surface area contributed by atoms with Crippen LogP contribution in [0.15, 0.2) is 0 Å². The molecule has 0 radical (unpaired) electrons. The van der Waals surface area contributed by atoms with Crippen LogP contribution in [-0.2, 0) is 4.74 Å². The molecule has 0 aromatic carbocycles. The minimum atomic E-state index is 0.489. The van der Waals surface area contributed by atoms with Gasteiger partial charge < -0.3 is 15.0 Å². The highest BCUT2D eigenvalue weighted by Crippen LogP contribution is 2.07. The predicted octanol–water partition coefficient (Wildman–Crippen LogP) is 0.461. The number of nitrogens with zero attached hydrogens (tertiary/aromatic N) is 1. The van der Waals surface area contributed by atoms with Crippen LogP contribution in [-0.4, -0.2) is 50.3 Å². The topological polar surface area (TPSA) is 24.5 Å². The number of likely N-dealkylation sites (tertiary alicyclic amines) is 1. The Kier molecular flexibility index (Phi) is 3.58. The first kappa shape index (κ1) is 9.44. The molecule has 0 bridgehead atoms. The standard InChI is InChI=1S/C10H20N2O/c1-2-6-12(5-1)7-8-13-10-3-4-11-9-10/h10-11H,1-9H2/t10-/m0/s1. The molecule has 13 heavy (non-hydrogen) atoms.